The lowest BCUT2D eigenvalue weighted by Gasteiger charge is -2.20. The van der Waals surface area contributed by atoms with Gasteiger partial charge in [0.05, 0.1) is 23.2 Å². The van der Waals surface area contributed by atoms with Crippen molar-refractivity contribution in [3.05, 3.63) is 28.3 Å². The maximum atomic E-state index is 11.0. The highest BCUT2D eigenvalue weighted by atomic mass is 16.6. The molecule has 2 atom stereocenters. The van der Waals surface area contributed by atoms with Crippen molar-refractivity contribution >= 4 is 5.69 Å². The van der Waals surface area contributed by atoms with E-state index < -0.39 is 4.92 Å². The fourth-order valence-corrected chi connectivity index (χ4v) is 2.67. The number of nitrogens with zero attached hydrogens (tertiary/aromatic N) is 1. The van der Waals surface area contributed by atoms with E-state index in [2.05, 4.69) is 0 Å². The van der Waals surface area contributed by atoms with Crippen LogP contribution in [0.15, 0.2) is 18.2 Å². The van der Waals surface area contributed by atoms with Crippen molar-refractivity contribution in [2.45, 2.75) is 45.3 Å². The average molecular weight is 294 g/mol. The first-order valence-corrected chi connectivity index (χ1v) is 7.32. The molecule has 1 aromatic rings. The van der Waals surface area contributed by atoms with Crippen LogP contribution >= 0.6 is 0 Å². The molecule has 0 radical (unpaired) electrons. The Bertz CT molecular complexity index is 504. The SMILES string of the molecule is CC(C)Oc1cc(OC2CCCC2CN)cc([N+](=O)[O-])c1. The second-order valence-corrected chi connectivity index (χ2v) is 5.67. The summed E-state index contributed by atoms with van der Waals surface area (Å²) < 4.78 is 11.5. The number of rotatable bonds is 6. The van der Waals surface area contributed by atoms with Crippen molar-refractivity contribution in [1.82, 2.24) is 0 Å². The van der Waals surface area contributed by atoms with Crippen LogP contribution in [0.2, 0.25) is 0 Å². The molecular weight excluding hydrogens is 272 g/mol. The van der Waals surface area contributed by atoms with Gasteiger partial charge in [0.1, 0.15) is 17.6 Å². The van der Waals surface area contributed by atoms with Gasteiger partial charge in [0.25, 0.3) is 5.69 Å². The second-order valence-electron chi connectivity index (χ2n) is 5.67. The molecule has 0 aromatic heterocycles. The van der Waals surface area contributed by atoms with Crippen LogP contribution in [0, 0.1) is 16.0 Å². The van der Waals surface area contributed by atoms with E-state index in [9.17, 15) is 10.1 Å². The van der Waals surface area contributed by atoms with Gasteiger partial charge in [-0.1, -0.05) is 0 Å². The van der Waals surface area contributed by atoms with Crippen LogP contribution in [0.1, 0.15) is 33.1 Å². The van der Waals surface area contributed by atoms with Gasteiger partial charge in [-0.15, -0.1) is 0 Å². The van der Waals surface area contributed by atoms with E-state index in [-0.39, 0.29) is 17.9 Å². The molecule has 0 bridgehead atoms. The third kappa shape index (κ3) is 4.07. The van der Waals surface area contributed by atoms with Crippen LogP contribution in [-0.4, -0.2) is 23.7 Å². The first-order valence-electron chi connectivity index (χ1n) is 7.32. The van der Waals surface area contributed by atoms with Gasteiger partial charge in [0.15, 0.2) is 0 Å². The topological polar surface area (TPSA) is 87.6 Å². The minimum absolute atomic E-state index is 0.0227. The molecule has 6 heteroatoms. The number of nitrogens with two attached hydrogens (primary N) is 1. The predicted molar refractivity (Wildman–Crippen MR) is 79.7 cm³/mol. The Morgan fingerprint density at radius 2 is 2.05 bits per heavy atom. The maximum absolute atomic E-state index is 11.0. The lowest BCUT2D eigenvalue weighted by Crippen LogP contribution is -2.27. The standard InChI is InChI=1S/C15H22N2O4/c1-10(2)20-13-6-12(17(18)19)7-14(8-13)21-15-5-3-4-11(15)9-16/h6-8,10-11,15H,3-5,9,16H2,1-2H3. The monoisotopic (exact) mass is 294 g/mol. The normalized spacial score (nSPS) is 21.5. The van der Waals surface area contributed by atoms with Gasteiger partial charge in [-0.2, -0.15) is 0 Å². The summed E-state index contributed by atoms with van der Waals surface area (Å²) in [5.74, 6) is 1.25. The minimum atomic E-state index is -0.435. The summed E-state index contributed by atoms with van der Waals surface area (Å²) in [5, 5.41) is 11.0. The van der Waals surface area contributed by atoms with Crippen LogP contribution < -0.4 is 15.2 Å². The van der Waals surface area contributed by atoms with Crippen molar-refractivity contribution < 1.29 is 14.4 Å². The van der Waals surface area contributed by atoms with E-state index in [4.69, 9.17) is 15.2 Å². The molecule has 21 heavy (non-hydrogen) atoms. The van der Waals surface area contributed by atoms with Gasteiger partial charge in [0, 0.05) is 12.0 Å². The number of nitro benzene ring substituents is 1. The van der Waals surface area contributed by atoms with Crippen LogP contribution in [0.25, 0.3) is 0 Å². The summed E-state index contributed by atoms with van der Waals surface area (Å²) in [6.45, 7) is 4.33. The zero-order chi connectivity index (χ0) is 15.4. The van der Waals surface area contributed by atoms with Crippen LogP contribution in [-0.2, 0) is 0 Å². The molecule has 2 rings (SSSR count). The highest BCUT2D eigenvalue weighted by molar-refractivity contribution is 5.46. The third-order valence-electron chi connectivity index (χ3n) is 3.63. The first-order chi connectivity index (χ1) is 9.99. The molecule has 1 aromatic carbocycles. The van der Waals surface area contributed by atoms with Crippen molar-refractivity contribution in [3.8, 4) is 11.5 Å². The molecule has 1 aliphatic carbocycles. The van der Waals surface area contributed by atoms with Crippen molar-refractivity contribution in [1.29, 1.82) is 0 Å². The minimum Gasteiger partial charge on any atom is -0.491 e. The van der Waals surface area contributed by atoms with E-state index in [1.165, 1.54) is 12.1 Å². The van der Waals surface area contributed by atoms with Gasteiger partial charge in [0.2, 0.25) is 0 Å². The molecule has 0 heterocycles. The fourth-order valence-electron chi connectivity index (χ4n) is 2.67. The molecular formula is C15H22N2O4. The Kier molecular flexibility index (Phi) is 5.01. The number of hydrogen-bond acceptors (Lipinski definition) is 5. The Morgan fingerprint density at radius 1 is 1.33 bits per heavy atom. The number of hydrogen-bond donors (Lipinski definition) is 1. The molecule has 2 N–H and O–H groups in total. The Balaban J connectivity index is 2.21. The molecule has 0 aliphatic heterocycles. The van der Waals surface area contributed by atoms with Crippen LogP contribution in [0.5, 0.6) is 11.5 Å². The zero-order valence-electron chi connectivity index (χ0n) is 12.5. The summed E-state index contributed by atoms with van der Waals surface area (Å²) in [4.78, 5) is 10.6. The Morgan fingerprint density at radius 3 is 2.67 bits per heavy atom. The van der Waals surface area contributed by atoms with E-state index in [1.54, 1.807) is 6.07 Å². The van der Waals surface area contributed by atoms with Crippen molar-refractivity contribution in [3.63, 3.8) is 0 Å². The summed E-state index contributed by atoms with van der Waals surface area (Å²) in [6, 6.07) is 4.57. The van der Waals surface area contributed by atoms with Gasteiger partial charge >= 0.3 is 0 Å². The zero-order valence-corrected chi connectivity index (χ0v) is 12.5. The number of benzene rings is 1. The van der Waals surface area contributed by atoms with Gasteiger partial charge in [-0.25, -0.2) is 0 Å². The molecule has 0 spiro atoms. The third-order valence-corrected chi connectivity index (χ3v) is 3.63. The highest BCUT2D eigenvalue weighted by Gasteiger charge is 2.28. The summed E-state index contributed by atoms with van der Waals surface area (Å²) in [5.41, 5.74) is 5.72. The van der Waals surface area contributed by atoms with E-state index in [0.29, 0.717) is 24.0 Å². The van der Waals surface area contributed by atoms with Crippen LogP contribution in [0.3, 0.4) is 0 Å². The van der Waals surface area contributed by atoms with Gasteiger partial charge < -0.3 is 15.2 Å². The predicted octanol–water partition coefficient (Wildman–Crippen LogP) is 2.89. The quantitative estimate of drug-likeness (QED) is 0.644. The molecule has 0 saturated heterocycles. The number of nitro groups is 1. The molecule has 0 amide bonds. The summed E-state index contributed by atoms with van der Waals surface area (Å²) in [7, 11) is 0. The van der Waals surface area contributed by atoms with Gasteiger partial charge in [-0.3, -0.25) is 10.1 Å². The van der Waals surface area contributed by atoms with Crippen molar-refractivity contribution in [2.75, 3.05) is 6.54 Å². The summed E-state index contributed by atoms with van der Waals surface area (Å²) >= 11 is 0. The summed E-state index contributed by atoms with van der Waals surface area (Å²) in [6.07, 6.45) is 3.04. The Labute approximate surface area is 124 Å². The van der Waals surface area contributed by atoms with E-state index in [0.717, 1.165) is 19.3 Å². The molecule has 1 aliphatic rings. The van der Waals surface area contributed by atoms with E-state index in [1.807, 2.05) is 13.8 Å². The van der Waals surface area contributed by atoms with E-state index >= 15 is 0 Å². The highest BCUT2D eigenvalue weighted by Crippen LogP contribution is 2.33. The van der Waals surface area contributed by atoms with Crippen molar-refractivity contribution in [2.24, 2.45) is 11.7 Å². The Hall–Kier alpha value is -1.82. The lowest BCUT2D eigenvalue weighted by molar-refractivity contribution is -0.385. The fraction of sp³-hybridized carbons (Fsp3) is 0.600. The largest absolute Gasteiger partial charge is 0.491 e. The number of ether oxygens (including phenoxy) is 2. The number of non-ortho nitro benzene ring substituents is 1. The smallest absolute Gasteiger partial charge is 0.276 e. The maximum Gasteiger partial charge on any atom is 0.276 e. The second kappa shape index (κ2) is 6.76. The van der Waals surface area contributed by atoms with Crippen LogP contribution in [0.4, 0.5) is 5.69 Å². The average Bonchev–Trinajstić information content (AvgIpc) is 2.84. The van der Waals surface area contributed by atoms with Gasteiger partial charge in [-0.05, 0) is 39.7 Å². The molecule has 1 saturated carbocycles. The molecule has 6 nitrogen and oxygen atoms in total. The molecule has 1 fully saturated rings. The first kappa shape index (κ1) is 15.6. The molecule has 116 valence electrons. The molecule has 2 unspecified atom stereocenters. The lowest BCUT2D eigenvalue weighted by atomic mass is 10.1.